The van der Waals surface area contributed by atoms with Crippen molar-refractivity contribution in [2.45, 2.75) is 32.4 Å². The third kappa shape index (κ3) is 1.25. The van der Waals surface area contributed by atoms with Gasteiger partial charge in [0, 0.05) is 24.3 Å². The molecule has 1 aromatic rings. The van der Waals surface area contributed by atoms with Crippen molar-refractivity contribution in [1.82, 2.24) is 15.1 Å². The minimum atomic E-state index is 0.954. The highest BCUT2D eigenvalue weighted by Crippen LogP contribution is 2.17. The van der Waals surface area contributed by atoms with Crippen LogP contribution < -0.4 is 5.32 Å². The van der Waals surface area contributed by atoms with Crippen LogP contribution in [0.4, 0.5) is 0 Å². The van der Waals surface area contributed by atoms with Crippen molar-refractivity contribution in [2.24, 2.45) is 0 Å². The molecule has 0 saturated carbocycles. The van der Waals surface area contributed by atoms with Gasteiger partial charge in [-0.2, -0.15) is 5.10 Å². The summed E-state index contributed by atoms with van der Waals surface area (Å²) in [5.74, 6) is 0. The molecule has 66 valence electrons. The van der Waals surface area contributed by atoms with Gasteiger partial charge in [0.2, 0.25) is 0 Å². The molecule has 0 aromatic carbocycles. The second kappa shape index (κ2) is 3.27. The van der Waals surface area contributed by atoms with Crippen LogP contribution in [0.2, 0.25) is 0 Å². The van der Waals surface area contributed by atoms with E-state index in [9.17, 15) is 0 Å². The van der Waals surface area contributed by atoms with E-state index in [0.717, 1.165) is 13.1 Å². The molecule has 3 nitrogen and oxygen atoms in total. The van der Waals surface area contributed by atoms with Crippen molar-refractivity contribution in [1.29, 1.82) is 0 Å². The van der Waals surface area contributed by atoms with Gasteiger partial charge >= 0.3 is 0 Å². The average molecular weight is 165 g/mol. The minimum absolute atomic E-state index is 0.954. The lowest BCUT2D eigenvalue weighted by Crippen LogP contribution is -2.14. The number of aromatic nitrogens is 2. The van der Waals surface area contributed by atoms with Gasteiger partial charge in [0.1, 0.15) is 0 Å². The molecule has 2 rings (SSSR count). The predicted molar refractivity (Wildman–Crippen MR) is 47.9 cm³/mol. The van der Waals surface area contributed by atoms with Crippen molar-refractivity contribution < 1.29 is 0 Å². The summed E-state index contributed by atoms with van der Waals surface area (Å²) in [6.45, 7) is 2.06. The average Bonchev–Trinajstić information content (AvgIpc) is 2.50. The topological polar surface area (TPSA) is 29.9 Å². The molecule has 1 aliphatic heterocycles. The Labute approximate surface area is 72.8 Å². The first-order chi connectivity index (χ1) is 5.92. The van der Waals surface area contributed by atoms with Crippen LogP contribution in [0.15, 0.2) is 6.20 Å². The summed E-state index contributed by atoms with van der Waals surface area (Å²) in [5, 5.41) is 7.52. The Bertz CT molecular complexity index is 265. The maximum Gasteiger partial charge on any atom is 0.0537 e. The highest BCUT2D eigenvalue weighted by Gasteiger charge is 2.13. The van der Waals surface area contributed by atoms with Gasteiger partial charge in [-0.15, -0.1) is 0 Å². The predicted octanol–water partition coefficient (Wildman–Crippen LogP) is 0.939. The van der Waals surface area contributed by atoms with Gasteiger partial charge < -0.3 is 5.32 Å². The highest BCUT2D eigenvalue weighted by molar-refractivity contribution is 5.18. The number of hydrogen-bond donors (Lipinski definition) is 1. The lowest BCUT2D eigenvalue weighted by Gasteiger charge is -2.14. The van der Waals surface area contributed by atoms with Crippen LogP contribution in [0.1, 0.15) is 24.1 Å². The maximum atomic E-state index is 4.35. The van der Waals surface area contributed by atoms with Gasteiger partial charge in [0.05, 0.1) is 6.20 Å². The number of aryl methyl sites for hydroxylation is 1. The largest absolute Gasteiger partial charge is 0.316 e. The summed E-state index contributed by atoms with van der Waals surface area (Å²) in [6.07, 6.45) is 5.81. The van der Waals surface area contributed by atoms with E-state index < -0.39 is 0 Å². The number of fused-ring (bicyclic) bond motifs is 1. The monoisotopic (exact) mass is 165 g/mol. The van der Waals surface area contributed by atoms with E-state index in [0.29, 0.717) is 0 Å². The Hall–Kier alpha value is -0.830. The van der Waals surface area contributed by atoms with E-state index in [2.05, 4.69) is 15.1 Å². The molecule has 0 bridgehead atoms. The molecule has 1 aromatic heterocycles. The fraction of sp³-hybridized carbons (Fsp3) is 0.667. The highest BCUT2D eigenvalue weighted by atomic mass is 15.3. The van der Waals surface area contributed by atoms with E-state index >= 15 is 0 Å². The quantitative estimate of drug-likeness (QED) is 0.706. The molecule has 0 spiro atoms. The van der Waals surface area contributed by atoms with Gasteiger partial charge in [-0.1, -0.05) is 0 Å². The van der Waals surface area contributed by atoms with Crippen molar-refractivity contribution in [3.05, 3.63) is 17.5 Å². The van der Waals surface area contributed by atoms with E-state index in [1.807, 2.05) is 13.2 Å². The van der Waals surface area contributed by atoms with Crippen LogP contribution in [0.5, 0.6) is 0 Å². The van der Waals surface area contributed by atoms with Crippen LogP contribution >= 0.6 is 0 Å². The summed E-state index contributed by atoms with van der Waals surface area (Å²) in [6, 6.07) is 0. The fourth-order valence-electron chi connectivity index (χ4n) is 1.82. The molecule has 0 amide bonds. The standard InChI is InChI=1S/C9H15N3/c1-10-6-8-7-11-12-5-3-2-4-9(8)12/h7,10H,2-6H2,1H3. The van der Waals surface area contributed by atoms with Gasteiger partial charge in [-0.25, -0.2) is 0 Å². The van der Waals surface area contributed by atoms with Crippen LogP contribution in [-0.4, -0.2) is 16.8 Å². The van der Waals surface area contributed by atoms with Gasteiger partial charge in [0.15, 0.2) is 0 Å². The molecule has 2 heterocycles. The molecular formula is C9H15N3. The van der Waals surface area contributed by atoms with Gasteiger partial charge in [0.25, 0.3) is 0 Å². The molecule has 0 saturated heterocycles. The Balaban J connectivity index is 2.25. The minimum Gasteiger partial charge on any atom is -0.316 e. The number of hydrogen-bond acceptors (Lipinski definition) is 2. The van der Waals surface area contributed by atoms with Crippen LogP contribution in [0.3, 0.4) is 0 Å². The number of nitrogens with one attached hydrogen (secondary N) is 1. The van der Waals surface area contributed by atoms with E-state index in [-0.39, 0.29) is 0 Å². The Morgan fingerprint density at radius 2 is 2.50 bits per heavy atom. The lowest BCUT2D eigenvalue weighted by atomic mass is 10.1. The first-order valence-electron chi connectivity index (χ1n) is 4.60. The van der Waals surface area contributed by atoms with Crippen LogP contribution in [0, 0.1) is 0 Å². The maximum absolute atomic E-state index is 4.35. The molecular weight excluding hydrogens is 150 g/mol. The van der Waals surface area contributed by atoms with Crippen LogP contribution in [0.25, 0.3) is 0 Å². The molecule has 0 atom stereocenters. The van der Waals surface area contributed by atoms with E-state index in [1.54, 1.807) is 0 Å². The zero-order valence-electron chi connectivity index (χ0n) is 7.51. The SMILES string of the molecule is CNCc1cnn2c1CCCC2. The third-order valence-electron chi connectivity index (χ3n) is 2.44. The normalized spacial score (nSPS) is 16.1. The van der Waals surface area contributed by atoms with Crippen LogP contribution in [-0.2, 0) is 19.5 Å². The van der Waals surface area contributed by atoms with E-state index in [4.69, 9.17) is 0 Å². The second-order valence-corrected chi connectivity index (χ2v) is 3.33. The summed E-state index contributed by atoms with van der Waals surface area (Å²) in [4.78, 5) is 0. The number of nitrogens with zero attached hydrogens (tertiary/aromatic N) is 2. The molecule has 0 radical (unpaired) electrons. The molecule has 1 N–H and O–H groups in total. The fourth-order valence-corrected chi connectivity index (χ4v) is 1.82. The van der Waals surface area contributed by atoms with E-state index in [1.165, 1.54) is 30.5 Å². The zero-order chi connectivity index (χ0) is 8.39. The first-order valence-corrected chi connectivity index (χ1v) is 4.60. The lowest BCUT2D eigenvalue weighted by molar-refractivity contribution is 0.483. The second-order valence-electron chi connectivity index (χ2n) is 3.33. The molecule has 0 unspecified atom stereocenters. The summed E-state index contributed by atoms with van der Waals surface area (Å²) < 4.78 is 2.15. The summed E-state index contributed by atoms with van der Waals surface area (Å²) >= 11 is 0. The Morgan fingerprint density at radius 3 is 3.33 bits per heavy atom. The number of rotatable bonds is 2. The first kappa shape index (κ1) is 7.80. The smallest absolute Gasteiger partial charge is 0.0537 e. The van der Waals surface area contributed by atoms with Gasteiger partial charge in [-0.05, 0) is 26.3 Å². The molecule has 1 aliphatic rings. The molecule has 0 fully saturated rings. The third-order valence-corrected chi connectivity index (χ3v) is 2.44. The molecule has 0 aliphatic carbocycles. The molecule has 12 heavy (non-hydrogen) atoms. The Kier molecular flexibility index (Phi) is 2.13. The van der Waals surface area contributed by atoms with Crippen molar-refractivity contribution in [3.8, 4) is 0 Å². The van der Waals surface area contributed by atoms with Crippen molar-refractivity contribution >= 4 is 0 Å². The summed E-state index contributed by atoms with van der Waals surface area (Å²) in [7, 11) is 1.98. The zero-order valence-corrected chi connectivity index (χ0v) is 7.51. The molecule has 3 heteroatoms. The van der Waals surface area contributed by atoms with Gasteiger partial charge in [-0.3, -0.25) is 4.68 Å². The van der Waals surface area contributed by atoms with Crippen molar-refractivity contribution in [2.75, 3.05) is 7.05 Å². The summed E-state index contributed by atoms with van der Waals surface area (Å²) in [5.41, 5.74) is 2.81. The van der Waals surface area contributed by atoms with Crippen molar-refractivity contribution in [3.63, 3.8) is 0 Å². The Morgan fingerprint density at radius 1 is 1.58 bits per heavy atom.